The molecule has 2 atom stereocenters. The van der Waals surface area contributed by atoms with Gasteiger partial charge >= 0.3 is 6.09 Å². The molecule has 1 heterocycles. The summed E-state index contributed by atoms with van der Waals surface area (Å²) < 4.78 is 5.35. The van der Waals surface area contributed by atoms with E-state index in [4.69, 9.17) is 4.74 Å². The number of likely N-dealkylation sites (tertiary alicyclic amines) is 1. The highest BCUT2D eigenvalue weighted by Gasteiger charge is 2.48. The van der Waals surface area contributed by atoms with Crippen LogP contribution in [-0.2, 0) is 4.74 Å². The van der Waals surface area contributed by atoms with E-state index in [1.165, 1.54) is 0 Å². The van der Waals surface area contributed by atoms with E-state index in [1.807, 2.05) is 6.92 Å². The number of aliphatic hydroxyl groups is 1. The number of rotatable bonds is 1. The predicted molar refractivity (Wildman–Crippen MR) is 55.5 cm³/mol. The summed E-state index contributed by atoms with van der Waals surface area (Å²) in [6.07, 6.45) is 4.14. The van der Waals surface area contributed by atoms with Crippen molar-refractivity contribution in [1.29, 1.82) is 0 Å². The molecular formula is C11H19NO3. The molecule has 4 nitrogen and oxygen atoms in total. The van der Waals surface area contributed by atoms with Gasteiger partial charge in [-0.2, -0.15) is 0 Å². The number of amides is 1. The predicted octanol–water partition coefficient (Wildman–Crippen LogP) is 1.52. The Bertz CT molecular complexity index is 259. The molecule has 0 aromatic heterocycles. The molecule has 1 aliphatic heterocycles. The number of carbonyl (C=O) groups is 1. The van der Waals surface area contributed by atoms with Crippen LogP contribution in [-0.4, -0.2) is 40.4 Å². The second-order valence-electron chi connectivity index (χ2n) is 4.95. The number of nitrogens with zero attached hydrogens (tertiary/aromatic N) is 1. The molecule has 4 heteroatoms. The van der Waals surface area contributed by atoms with Crippen molar-refractivity contribution >= 4 is 6.09 Å². The normalized spacial score (nSPS) is 36.5. The number of hydrogen-bond acceptors (Lipinski definition) is 3. The second-order valence-corrected chi connectivity index (χ2v) is 4.95. The smallest absolute Gasteiger partial charge is 0.410 e. The molecule has 0 aromatic carbocycles. The molecule has 1 aliphatic carbocycles. The van der Waals surface area contributed by atoms with Crippen LogP contribution in [0.2, 0.25) is 0 Å². The van der Waals surface area contributed by atoms with Crippen LogP contribution in [0.3, 0.4) is 0 Å². The first-order valence-corrected chi connectivity index (χ1v) is 5.70. The monoisotopic (exact) mass is 213 g/mol. The Kier molecular flexibility index (Phi) is 2.63. The van der Waals surface area contributed by atoms with Gasteiger partial charge < -0.3 is 9.84 Å². The molecule has 1 saturated heterocycles. The summed E-state index contributed by atoms with van der Waals surface area (Å²) >= 11 is 0. The topological polar surface area (TPSA) is 49.8 Å². The molecule has 0 unspecified atom stereocenters. The summed E-state index contributed by atoms with van der Waals surface area (Å²) in [5.74, 6) is 0. The SMILES string of the molecule is C[C@@H]1N(C(=O)OC2CCCC2)C[C@@]1(C)O. The van der Waals surface area contributed by atoms with E-state index in [9.17, 15) is 9.90 Å². The molecule has 86 valence electrons. The Morgan fingerprint density at radius 3 is 2.53 bits per heavy atom. The van der Waals surface area contributed by atoms with Crippen LogP contribution in [0.1, 0.15) is 39.5 Å². The van der Waals surface area contributed by atoms with Crippen LogP contribution in [0.15, 0.2) is 0 Å². The molecule has 0 spiro atoms. The largest absolute Gasteiger partial charge is 0.446 e. The Balaban J connectivity index is 1.82. The standard InChI is InChI=1S/C11H19NO3/c1-8-11(2,14)7-12(8)10(13)15-9-5-3-4-6-9/h8-9,14H,3-7H2,1-2H3/t8-,11+/m0/s1. The minimum absolute atomic E-state index is 0.107. The molecule has 2 rings (SSSR count). The Morgan fingerprint density at radius 2 is 2.07 bits per heavy atom. The van der Waals surface area contributed by atoms with Gasteiger partial charge in [-0.25, -0.2) is 4.79 Å². The lowest BCUT2D eigenvalue weighted by Crippen LogP contribution is -2.68. The summed E-state index contributed by atoms with van der Waals surface area (Å²) in [5.41, 5.74) is -0.741. The average molecular weight is 213 g/mol. The van der Waals surface area contributed by atoms with Crippen LogP contribution < -0.4 is 0 Å². The molecule has 0 radical (unpaired) electrons. The van der Waals surface area contributed by atoms with Crippen LogP contribution in [0.5, 0.6) is 0 Å². The number of β-amino-alcohol motifs (C(OH)–C–C–N with tert-alkyl or cyclic N) is 1. The average Bonchev–Trinajstić information content (AvgIpc) is 2.66. The van der Waals surface area contributed by atoms with Gasteiger partial charge in [-0.15, -0.1) is 0 Å². The van der Waals surface area contributed by atoms with Crippen molar-refractivity contribution in [3.05, 3.63) is 0 Å². The number of ether oxygens (including phenoxy) is 1. The maximum Gasteiger partial charge on any atom is 0.410 e. The quantitative estimate of drug-likeness (QED) is 0.718. The zero-order chi connectivity index (χ0) is 11.1. The highest BCUT2D eigenvalue weighted by molar-refractivity contribution is 5.70. The molecule has 1 N–H and O–H groups in total. The van der Waals surface area contributed by atoms with Crippen molar-refractivity contribution in [2.24, 2.45) is 0 Å². The van der Waals surface area contributed by atoms with Crippen LogP contribution >= 0.6 is 0 Å². The lowest BCUT2D eigenvalue weighted by molar-refractivity contribution is -0.123. The molecule has 15 heavy (non-hydrogen) atoms. The molecule has 1 saturated carbocycles. The first-order valence-electron chi connectivity index (χ1n) is 5.70. The van der Waals surface area contributed by atoms with Gasteiger partial charge in [0.05, 0.1) is 18.2 Å². The summed E-state index contributed by atoms with van der Waals surface area (Å²) in [5, 5.41) is 9.71. The second kappa shape index (κ2) is 3.67. The summed E-state index contributed by atoms with van der Waals surface area (Å²) in [4.78, 5) is 13.3. The van der Waals surface area contributed by atoms with Crippen molar-refractivity contribution in [2.45, 2.75) is 57.3 Å². The van der Waals surface area contributed by atoms with E-state index < -0.39 is 5.60 Å². The fourth-order valence-corrected chi connectivity index (χ4v) is 2.28. The van der Waals surface area contributed by atoms with E-state index in [-0.39, 0.29) is 18.2 Å². The number of hydrogen-bond donors (Lipinski definition) is 1. The molecule has 0 bridgehead atoms. The van der Waals surface area contributed by atoms with Gasteiger partial charge in [-0.1, -0.05) is 0 Å². The fourth-order valence-electron chi connectivity index (χ4n) is 2.28. The number of carbonyl (C=O) groups excluding carboxylic acids is 1. The first kappa shape index (κ1) is 10.7. The minimum Gasteiger partial charge on any atom is -0.446 e. The maximum atomic E-state index is 11.7. The van der Waals surface area contributed by atoms with Crippen molar-refractivity contribution < 1.29 is 14.6 Å². The van der Waals surface area contributed by atoms with E-state index in [1.54, 1.807) is 11.8 Å². The van der Waals surface area contributed by atoms with Crippen molar-refractivity contribution in [2.75, 3.05) is 6.54 Å². The van der Waals surface area contributed by atoms with Gasteiger partial charge in [-0.05, 0) is 39.5 Å². The molecule has 1 amide bonds. The Hall–Kier alpha value is -0.770. The Morgan fingerprint density at radius 1 is 1.47 bits per heavy atom. The maximum absolute atomic E-state index is 11.7. The van der Waals surface area contributed by atoms with Crippen LogP contribution in [0.25, 0.3) is 0 Å². The third-order valence-electron chi connectivity index (χ3n) is 3.66. The molecule has 0 aromatic rings. The van der Waals surface area contributed by atoms with E-state index in [0.717, 1.165) is 25.7 Å². The van der Waals surface area contributed by atoms with Gasteiger partial charge in [0.15, 0.2) is 0 Å². The van der Waals surface area contributed by atoms with Gasteiger partial charge in [0.2, 0.25) is 0 Å². The summed E-state index contributed by atoms with van der Waals surface area (Å²) in [6, 6.07) is -0.133. The van der Waals surface area contributed by atoms with Crippen LogP contribution in [0, 0.1) is 0 Å². The van der Waals surface area contributed by atoms with E-state index in [0.29, 0.717) is 6.54 Å². The first-order chi connectivity index (χ1) is 7.00. The Labute approximate surface area is 90.2 Å². The third-order valence-corrected chi connectivity index (χ3v) is 3.66. The van der Waals surface area contributed by atoms with Gasteiger partial charge in [0.1, 0.15) is 6.10 Å². The van der Waals surface area contributed by atoms with Gasteiger partial charge in [-0.3, -0.25) is 4.90 Å². The molecule has 2 aliphatic rings. The third kappa shape index (κ3) is 1.95. The van der Waals surface area contributed by atoms with E-state index >= 15 is 0 Å². The zero-order valence-corrected chi connectivity index (χ0v) is 9.40. The highest BCUT2D eigenvalue weighted by Crippen LogP contribution is 2.30. The van der Waals surface area contributed by atoms with Gasteiger partial charge in [0.25, 0.3) is 0 Å². The highest BCUT2D eigenvalue weighted by atomic mass is 16.6. The summed E-state index contributed by atoms with van der Waals surface area (Å²) in [7, 11) is 0. The fraction of sp³-hybridized carbons (Fsp3) is 0.909. The summed E-state index contributed by atoms with van der Waals surface area (Å²) in [6.45, 7) is 3.98. The van der Waals surface area contributed by atoms with Crippen molar-refractivity contribution in [3.8, 4) is 0 Å². The molecule has 2 fully saturated rings. The van der Waals surface area contributed by atoms with Crippen molar-refractivity contribution in [1.82, 2.24) is 4.90 Å². The lowest BCUT2D eigenvalue weighted by Gasteiger charge is -2.50. The van der Waals surface area contributed by atoms with E-state index in [2.05, 4.69) is 0 Å². The van der Waals surface area contributed by atoms with Crippen molar-refractivity contribution in [3.63, 3.8) is 0 Å². The lowest BCUT2D eigenvalue weighted by atomic mass is 9.87. The molecular weight excluding hydrogens is 194 g/mol. The van der Waals surface area contributed by atoms with Crippen LogP contribution in [0.4, 0.5) is 4.79 Å². The zero-order valence-electron chi connectivity index (χ0n) is 9.40. The minimum atomic E-state index is -0.741. The van der Waals surface area contributed by atoms with Gasteiger partial charge in [0, 0.05) is 0 Å².